The lowest BCUT2D eigenvalue weighted by molar-refractivity contribution is 0.364. The Morgan fingerprint density at radius 1 is 0.812 bits per heavy atom. The van der Waals surface area contributed by atoms with Crippen LogP contribution >= 0.6 is 0 Å². The van der Waals surface area contributed by atoms with Gasteiger partial charge in [-0.05, 0) is 25.2 Å². The number of rotatable bonds is 9. The van der Waals surface area contributed by atoms with E-state index in [4.69, 9.17) is 0 Å². The monoisotopic (exact) mass is 223 g/mol. The molecule has 16 heavy (non-hydrogen) atoms. The van der Waals surface area contributed by atoms with Crippen LogP contribution in [0.1, 0.15) is 90.4 Å². The maximum atomic E-state index is 2.48. The number of unbranched alkanes of at least 4 members (excludes halogenated alkanes) is 7. The molecule has 0 heteroatoms. The summed E-state index contributed by atoms with van der Waals surface area (Å²) in [6.07, 6.45) is 21.5. The predicted molar refractivity (Wildman–Crippen MR) is 73.5 cm³/mol. The van der Waals surface area contributed by atoms with Gasteiger partial charge in [0.15, 0.2) is 0 Å². The summed E-state index contributed by atoms with van der Waals surface area (Å²) in [5, 5.41) is 0. The Morgan fingerprint density at radius 2 is 1.38 bits per heavy atom. The van der Waals surface area contributed by atoms with Crippen LogP contribution in [-0.2, 0) is 0 Å². The zero-order valence-corrected chi connectivity index (χ0v) is 11.3. The van der Waals surface area contributed by atoms with Gasteiger partial charge in [0.05, 0.1) is 0 Å². The molecule has 1 rings (SSSR count). The molecular formula is C16H31. The molecule has 0 atom stereocenters. The second-order valence-corrected chi connectivity index (χ2v) is 5.57. The zero-order valence-electron chi connectivity index (χ0n) is 11.3. The van der Waals surface area contributed by atoms with Crippen LogP contribution in [-0.4, -0.2) is 0 Å². The van der Waals surface area contributed by atoms with E-state index in [1.165, 1.54) is 83.5 Å². The Bertz CT molecular complexity index is 133. The van der Waals surface area contributed by atoms with Gasteiger partial charge in [0, 0.05) is 0 Å². The standard InChI is InChI=1S/C16H31/c1-2-3-4-5-6-7-8-10-13-16-14-11-9-12-15-16/h9,16H,2-8,10-15H2,1H3. The Hall–Kier alpha value is 0. The first-order valence-corrected chi connectivity index (χ1v) is 7.75. The van der Waals surface area contributed by atoms with Gasteiger partial charge in [0.25, 0.3) is 0 Å². The van der Waals surface area contributed by atoms with Gasteiger partial charge in [0.1, 0.15) is 0 Å². The third-order valence-electron chi connectivity index (χ3n) is 4.02. The topological polar surface area (TPSA) is 0 Å². The molecule has 0 aromatic carbocycles. The van der Waals surface area contributed by atoms with E-state index in [9.17, 15) is 0 Å². The molecule has 1 fully saturated rings. The van der Waals surface area contributed by atoms with Crippen molar-refractivity contribution in [3.63, 3.8) is 0 Å². The van der Waals surface area contributed by atoms with Gasteiger partial charge in [-0.3, -0.25) is 0 Å². The Labute approximate surface area is 103 Å². The lowest BCUT2D eigenvalue weighted by Gasteiger charge is -2.20. The second-order valence-electron chi connectivity index (χ2n) is 5.57. The molecule has 0 N–H and O–H groups in total. The summed E-state index contributed by atoms with van der Waals surface area (Å²) in [6, 6.07) is 0. The van der Waals surface area contributed by atoms with E-state index in [0.29, 0.717) is 0 Å². The highest BCUT2D eigenvalue weighted by Gasteiger charge is 2.12. The fraction of sp³-hybridized carbons (Fsp3) is 0.938. The highest BCUT2D eigenvalue weighted by Crippen LogP contribution is 2.27. The molecule has 1 aliphatic rings. The molecular weight excluding hydrogens is 192 g/mol. The van der Waals surface area contributed by atoms with Crippen molar-refractivity contribution in [1.82, 2.24) is 0 Å². The highest BCUT2D eigenvalue weighted by molar-refractivity contribution is 4.76. The maximum absolute atomic E-state index is 2.48. The number of hydrogen-bond donors (Lipinski definition) is 0. The van der Waals surface area contributed by atoms with E-state index >= 15 is 0 Å². The molecule has 0 nitrogen and oxygen atoms in total. The van der Waals surface area contributed by atoms with Gasteiger partial charge in [-0.25, -0.2) is 0 Å². The van der Waals surface area contributed by atoms with E-state index in [0.717, 1.165) is 5.92 Å². The molecule has 0 heterocycles. The van der Waals surface area contributed by atoms with Gasteiger partial charge in [-0.15, -0.1) is 0 Å². The largest absolute Gasteiger partial charge is 0.0654 e. The summed E-state index contributed by atoms with van der Waals surface area (Å²) in [5.41, 5.74) is 0. The van der Waals surface area contributed by atoms with Crippen LogP contribution in [0.25, 0.3) is 0 Å². The quantitative estimate of drug-likeness (QED) is 0.426. The molecule has 0 aromatic rings. The van der Waals surface area contributed by atoms with Crippen LogP contribution in [0.2, 0.25) is 0 Å². The molecule has 1 saturated carbocycles. The average molecular weight is 223 g/mol. The molecule has 95 valence electrons. The summed E-state index contributed by atoms with van der Waals surface area (Å²) in [5.74, 6) is 1.07. The molecule has 0 spiro atoms. The Balaban J connectivity index is 1.77. The van der Waals surface area contributed by atoms with Gasteiger partial charge in [-0.2, -0.15) is 0 Å². The van der Waals surface area contributed by atoms with E-state index in [1.807, 2.05) is 0 Å². The van der Waals surface area contributed by atoms with E-state index < -0.39 is 0 Å². The number of hydrogen-bond acceptors (Lipinski definition) is 0. The maximum Gasteiger partial charge on any atom is -0.0386 e. The third-order valence-corrected chi connectivity index (χ3v) is 4.02. The SMILES string of the molecule is CCCCCCCCCCC1CC[CH]CC1. The van der Waals surface area contributed by atoms with Gasteiger partial charge in [0.2, 0.25) is 0 Å². The second kappa shape index (κ2) is 10.2. The van der Waals surface area contributed by atoms with Crippen LogP contribution < -0.4 is 0 Å². The first-order valence-electron chi connectivity index (χ1n) is 7.75. The Kier molecular flexibility index (Phi) is 8.94. The molecule has 0 amide bonds. The minimum absolute atomic E-state index is 1.07. The summed E-state index contributed by atoms with van der Waals surface area (Å²) < 4.78 is 0. The van der Waals surface area contributed by atoms with Gasteiger partial charge < -0.3 is 0 Å². The molecule has 0 saturated heterocycles. The van der Waals surface area contributed by atoms with E-state index in [1.54, 1.807) is 0 Å². The van der Waals surface area contributed by atoms with Crippen molar-refractivity contribution in [3.05, 3.63) is 6.42 Å². The molecule has 0 aliphatic heterocycles. The fourth-order valence-electron chi connectivity index (χ4n) is 2.85. The minimum Gasteiger partial charge on any atom is -0.0654 e. The third kappa shape index (κ3) is 7.30. The van der Waals surface area contributed by atoms with Crippen LogP contribution in [0.3, 0.4) is 0 Å². The van der Waals surface area contributed by atoms with Crippen molar-refractivity contribution in [2.45, 2.75) is 90.4 Å². The molecule has 1 radical (unpaired) electrons. The van der Waals surface area contributed by atoms with Crippen molar-refractivity contribution in [2.75, 3.05) is 0 Å². The smallest absolute Gasteiger partial charge is 0.0386 e. The van der Waals surface area contributed by atoms with Gasteiger partial charge in [-0.1, -0.05) is 77.6 Å². The average Bonchev–Trinajstić information content (AvgIpc) is 2.34. The van der Waals surface area contributed by atoms with Gasteiger partial charge >= 0.3 is 0 Å². The first kappa shape index (κ1) is 14.1. The predicted octanol–water partition coefficient (Wildman–Crippen LogP) is 5.91. The highest BCUT2D eigenvalue weighted by atomic mass is 14.2. The summed E-state index contributed by atoms with van der Waals surface area (Å²) in [4.78, 5) is 0. The van der Waals surface area contributed by atoms with Crippen LogP contribution in [0.15, 0.2) is 0 Å². The molecule has 0 unspecified atom stereocenters. The summed E-state index contributed by atoms with van der Waals surface area (Å²) >= 11 is 0. The Morgan fingerprint density at radius 3 is 2.00 bits per heavy atom. The summed E-state index contributed by atoms with van der Waals surface area (Å²) in [7, 11) is 0. The zero-order chi connectivity index (χ0) is 11.5. The van der Waals surface area contributed by atoms with E-state index in [2.05, 4.69) is 13.3 Å². The summed E-state index contributed by atoms with van der Waals surface area (Å²) in [6.45, 7) is 2.29. The van der Waals surface area contributed by atoms with Crippen molar-refractivity contribution in [1.29, 1.82) is 0 Å². The van der Waals surface area contributed by atoms with Crippen LogP contribution in [0.4, 0.5) is 0 Å². The van der Waals surface area contributed by atoms with Crippen molar-refractivity contribution < 1.29 is 0 Å². The lowest BCUT2D eigenvalue weighted by atomic mass is 9.85. The normalized spacial score (nSPS) is 17.8. The van der Waals surface area contributed by atoms with E-state index in [-0.39, 0.29) is 0 Å². The molecule has 1 aliphatic carbocycles. The fourth-order valence-corrected chi connectivity index (χ4v) is 2.85. The van der Waals surface area contributed by atoms with Crippen molar-refractivity contribution in [2.24, 2.45) is 5.92 Å². The van der Waals surface area contributed by atoms with Crippen LogP contribution in [0.5, 0.6) is 0 Å². The minimum atomic E-state index is 1.07. The van der Waals surface area contributed by atoms with Crippen molar-refractivity contribution >= 4 is 0 Å². The first-order chi connectivity index (χ1) is 7.93. The van der Waals surface area contributed by atoms with Crippen LogP contribution in [0, 0.1) is 12.3 Å². The van der Waals surface area contributed by atoms with Crippen molar-refractivity contribution in [3.8, 4) is 0 Å². The molecule has 0 aromatic heterocycles. The molecule has 0 bridgehead atoms. The lowest BCUT2D eigenvalue weighted by Crippen LogP contribution is -2.06.